The Hall–Kier alpha value is -2.30. The molecule has 0 radical (unpaired) electrons. The van der Waals surface area contributed by atoms with E-state index in [4.69, 9.17) is 10.7 Å². The molecule has 21 heavy (non-hydrogen) atoms. The first-order valence-corrected chi connectivity index (χ1v) is 7.53. The number of piperidine rings is 1. The number of fused-ring (bicyclic) bond motifs is 3. The number of aromatic amines is 1. The maximum Gasteiger partial charge on any atom is 0.144 e. The van der Waals surface area contributed by atoms with Gasteiger partial charge in [0.15, 0.2) is 0 Å². The minimum Gasteiger partial charge on any atom is -0.399 e. The number of nitrogen functional groups attached to an aromatic ring is 1. The van der Waals surface area contributed by atoms with Gasteiger partial charge in [0, 0.05) is 29.7 Å². The van der Waals surface area contributed by atoms with Crippen LogP contribution >= 0.6 is 0 Å². The molecule has 4 rings (SSSR count). The van der Waals surface area contributed by atoms with Crippen LogP contribution in [0.4, 0.5) is 11.5 Å². The standard InChI is InChI=1S/C16H19N5/c1-10-18-15-14(12-9-11(17)5-6-13(12)20-15)16(19-10)21-7-3-2-4-8-21/h5-6,9H,2-4,7-8,17H2,1H3,(H,18,19,20). The van der Waals surface area contributed by atoms with Crippen LogP contribution in [-0.4, -0.2) is 28.0 Å². The molecule has 5 nitrogen and oxygen atoms in total. The summed E-state index contributed by atoms with van der Waals surface area (Å²) in [5, 5.41) is 2.22. The molecule has 5 heteroatoms. The molecule has 0 amide bonds. The Labute approximate surface area is 123 Å². The lowest BCUT2D eigenvalue weighted by Gasteiger charge is -2.28. The number of nitrogens with zero attached hydrogens (tertiary/aromatic N) is 3. The van der Waals surface area contributed by atoms with E-state index in [-0.39, 0.29) is 0 Å². The zero-order valence-electron chi connectivity index (χ0n) is 12.2. The predicted molar refractivity (Wildman–Crippen MR) is 86.6 cm³/mol. The SMILES string of the molecule is Cc1nc(N2CCCCC2)c2c(n1)[nH]c1ccc(N)cc12. The molecular formula is C16H19N5. The van der Waals surface area contributed by atoms with E-state index in [1.165, 1.54) is 19.3 Å². The van der Waals surface area contributed by atoms with Gasteiger partial charge < -0.3 is 15.6 Å². The summed E-state index contributed by atoms with van der Waals surface area (Å²) in [4.78, 5) is 15.1. The highest BCUT2D eigenvalue weighted by atomic mass is 15.2. The van der Waals surface area contributed by atoms with E-state index in [0.29, 0.717) is 0 Å². The van der Waals surface area contributed by atoms with Crippen LogP contribution in [0.25, 0.3) is 21.9 Å². The Morgan fingerprint density at radius 3 is 2.76 bits per heavy atom. The largest absolute Gasteiger partial charge is 0.399 e. The summed E-state index contributed by atoms with van der Waals surface area (Å²) in [5.41, 5.74) is 8.71. The van der Waals surface area contributed by atoms with E-state index in [2.05, 4.69) is 14.9 Å². The maximum absolute atomic E-state index is 5.96. The molecule has 1 fully saturated rings. The number of anilines is 2. The maximum atomic E-state index is 5.96. The lowest BCUT2D eigenvalue weighted by atomic mass is 10.1. The Balaban J connectivity index is 2.03. The van der Waals surface area contributed by atoms with Crippen molar-refractivity contribution in [3.05, 3.63) is 24.0 Å². The average Bonchev–Trinajstić information content (AvgIpc) is 2.84. The van der Waals surface area contributed by atoms with Crippen molar-refractivity contribution in [2.45, 2.75) is 26.2 Å². The van der Waals surface area contributed by atoms with E-state index in [1.807, 2.05) is 25.1 Å². The first-order chi connectivity index (χ1) is 10.2. The topological polar surface area (TPSA) is 70.8 Å². The van der Waals surface area contributed by atoms with Crippen LogP contribution in [0.5, 0.6) is 0 Å². The number of aryl methyl sites for hydroxylation is 1. The Morgan fingerprint density at radius 1 is 1.14 bits per heavy atom. The number of rotatable bonds is 1. The molecular weight excluding hydrogens is 262 g/mol. The molecule has 108 valence electrons. The molecule has 0 unspecified atom stereocenters. The van der Waals surface area contributed by atoms with Crippen molar-refractivity contribution in [1.82, 2.24) is 15.0 Å². The molecule has 1 saturated heterocycles. The second-order valence-corrected chi connectivity index (χ2v) is 5.80. The summed E-state index contributed by atoms with van der Waals surface area (Å²) in [5.74, 6) is 1.86. The molecule has 1 aromatic carbocycles. The molecule has 3 N–H and O–H groups in total. The molecule has 1 aliphatic heterocycles. The Kier molecular flexibility index (Phi) is 2.74. The summed E-state index contributed by atoms with van der Waals surface area (Å²) in [7, 11) is 0. The molecule has 2 aromatic heterocycles. The van der Waals surface area contributed by atoms with Crippen LogP contribution in [0.1, 0.15) is 25.1 Å². The van der Waals surface area contributed by atoms with E-state index >= 15 is 0 Å². The minimum absolute atomic E-state index is 0.772. The monoisotopic (exact) mass is 281 g/mol. The van der Waals surface area contributed by atoms with Crippen molar-refractivity contribution < 1.29 is 0 Å². The number of benzene rings is 1. The Morgan fingerprint density at radius 2 is 1.95 bits per heavy atom. The summed E-state index contributed by atoms with van der Waals surface area (Å²) in [6.07, 6.45) is 3.77. The summed E-state index contributed by atoms with van der Waals surface area (Å²) < 4.78 is 0. The van der Waals surface area contributed by atoms with Gasteiger partial charge >= 0.3 is 0 Å². The number of hydrogen-bond donors (Lipinski definition) is 2. The van der Waals surface area contributed by atoms with Crippen molar-refractivity contribution >= 4 is 33.4 Å². The molecule has 0 spiro atoms. The second kappa shape index (κ2) is 4.62. The lowest BCUT2D eigenvalue weighted by molar-refractivity contribution is 0.574. The first kappa shape index (κ1) is 12.4. The third-order valence-corrected chi connectivity index (χ3v) is 4.22. The van der Waals surface area contributed by atoms with E-state index in [0.717, 1.165) is 52.4 Å². The molecule has 1 aliphatic rings. The van der Waals surface area contributed by atoms with Crippen LogP contribution in [0.2, 0.25) is 0 Å². The lowest BCUT2D eigenvalue weighted by Crippen LogP contribution is -2.30. The molecule has 0 bridgehead atoms. The summed E-state index contributed by atoms with van der Waals surface area (Å²) in [6.45, 7) is 4.09. The van der Waals surface area contributed by atoms with Crippen LogP contribution in [0, 0.1) is 6.92 Å². The fourth-order valence-corrected chi connectivity index (χ4v) is 3.24. The van der Waals surface area contributed by atoms with E-state index in [9.17, 15) is 0 Å². The van der Waals surface area contributed by atoms with Gasteiger partial charge in [0.1, 0.15) is 17.3 Å². The summed E-state index contributed by atoms with van der Waals surface area (Å²) in [6, 6.07) is 5.94. The van der Waals surface area contributed by atoms with Crippen molar-refractivity contribution in [3.8, 4) is 0 Å². The van der Waals surface area contributed by atoms with Crippen LogP contribution < -0.4 is 10.6 Å². The van der Waals surface area contributed by atoms with E-state index in [1.54, 1.807) is 0 Å². The van der Waals surface area contributed by atoms with Crippen LogP contribution in [-0.2, 0) is 0 Å². The normalized spacial score (nSPS) is 16.0. The number of nitrogens with one attached hydrogen (secondary N) is 1. The fourth-order valence-electron chi connectivity index (χ4n) is 3.24. The van der Waals surface area contributed by atoms with Gasteiger partial charge in [0.25, 0.3) is 0 Å². The van der Waals surface area contributed by atoms with Crippen molar-refractivity contribution in [2.24, 2.45) is 0 Å². The van der Waals surface area contributed by atoms with Crippen LogP contribution in [0.3, 0.4) is 0 Å². The van der Waals surface area contributed by atoms with Gasteiger partial charge in [-0.2, -0.15) is 0 Å². The van der Waals surface area contributed by atoms with Gasteiger partial charge in [-0.05, 0) is 44.4 Å². The highest BCUT2D eigenvalue weighted by Gasteiger charge is 2.19. The quantitative estimate of drug-likeness (QED) is 0.673. The van der Waals surface area contributed by atoms with Gasteiger partial charge in [0.05, 0.1) is 5.39 Å². The summed E-state index contributed by atoms with van der Waals surface area (Å²) >= 11 is 0. The molecule has 0 saturated carbocycles. The predicted octanol–water partition coefficient (Wildman–Crippen LogP) is 2.99. The fraction of sp³-hybridized carbons (Fsp3) is 0.375. The molecule has 3 aromatic rings. The molecule has 3 heterocycles. The molecule has 0 atom stereocenters. The smallest absolute Gasteiger partial charge is 0.144 e. The van der Waals surface area contributed by atoms with Gasteiger partial charge in [0.2, 0.25) is 0 Å². The molecule has 0 aliphatic carbocycles. The van der Waals surface area contributed by atoms with E-state index < -0.39 is 0 Å². The average molecular weight is 281 g/mol. The highest BCUT2D eigenvalue weighted by molar-refractivity contribution is 6.12. The van der Waals surface area contributed by atoms with Crippen molar-refractivity contribution in [2.75, 3.05) is 23.7 Å². The minimum atomic E-state index is 0.772. The van der Waals surface area contributed by atoms with Crippen molar-refractivity contribution in [1.29, 1.82) is 0 Å². The van der Waals surface area contributed by atoms with Gasteiger partial charge in [-0.25, -0.2) is 9.97 Å². The zero-order chi connectivity index (χ0) is 14.4. The van der Waals surface area contributed by atoms with Gasteiger partial charge in [-0.1, -0.05) is 0 Å². The number of nitrogens with two attached hydrogens (primary N) is 1. The van der Waals surface area contributed by atoms with Crippen molar-refractivity contribution in [3.63, 3.8) is 0 Å². The number of aromatic nitrogens is 3. The highest BCUT2D eigenvalue weighted by Crippen LogP contribution is 2.33. The first-order valence-electron chi connectivity index (χ1n) is 7.53. The third kappa shape index (κ3) is 2.00. The third-order valence-electron chi connectivity index (χ3n) is 4.22. The second-order valence-electron chi connectivity index (χ2n) is 5.80. The van der Waals surface area contributed by atoms with Crippen LogP contribution in [0.15, 0.2) is 18.2 Å². The van der Waals surface area contributed by atoms with Gasteiger partial charge in [-0.3, -0.25) is 0 Å². The Bertz CT molecular complexity index is 814. The number of hydrogen-bond acceptors (Lipinski definition) is 4. The van der Waals surface area contributed by atoms with Gasteiger partial charge in [-0.15, -0.1) is 0 Å². The zero-order valence-corrected chi connectivity index (χ0v) is 12.2. The number of H-pyrrole nitrogens is 1.